The van der Waals surface area contributed by atoms with Crippen LogP contribution in [0.25, 0.3) is 10.9 Å². The second-order valence-electron chi connectivity index (χ2n) is 6.93. The lowest BCUT2D eigenvalue weighted by molar-refractivity contribution is 0.599. The first-order valence-electron chi connectivity index (χ1n) is 9.43. The SMILES string of the molecule is CCc1ccc(NS(=O)(=O)c2cccs2)c(NS(=O)(=O)c2ccc3c(c2)c(=O)sn3C)c1. The van der Waals surface area contributed by atoms with Gasteiger partial charge in [0.2, 0.25) is 0 Å². The maximum atomic E-state index is 13.1. The third-order valence-electron chi connectivity index (χ3n) is 4.80. The largest absolute Gasteiger partial charge is 0.297 e. The van der Waals surface area contributed by atoms with Crippen LogP contribution in [-0.4, -0.2) is 20.8 Å². The van der Waals surface area contributed by atoms with Crippen LogP contribution in [0.3, 0.4) is 0 Å². The Morgan fingerprint density at radius 1 is 0.938 bits per heavy atom. The molecule has 4 rings (SSSR count). The lowest BCUT2D eigenvalue weighted by atomic mass is 10.1. The first-order chi connectivity index (χ1) is 15.1. The summed E-state index contributed by atoms with van der Waals surface area (Å²) in [5.41, 5.74) is 1.66. The first kappa shape index (κ1) is 22.5. The molecule has 0 saturated heterocycles. The maximum Gasteiger partial charge on any atom is 0.271 e. The van der Waals surface area contributed by atoms with Crippen molar-refractivity contribution in [3.63, 3.8) is 0 Å². The van der Waals surface area contributed by atoms with Crippen molar-refractivity contribution in [3.05, 3.63) is 69.0 Å². The molecule has 32 heavy (non-hydrogen) atoms. The van der Waals surface area contributed by atoms with E-state index < -0.39 is 20.0 Å². The third kappa shape index (κ3) is 4.31. The molecule has 0 amide bonds. The van der Waals surface area contributed by atoms with Crippen LogP contribution in [0.2, 0.25) is 0 Å². The Labute approximate surface area is 193 Å². The van der Waals surface area contributed by atoms with Gasteiger partial charge in [-0.25, -0.2) is 16.8 Å². The van der Waals surface area contributed by atoms with Crippen LogP contribution >= 0.6 is 22.9 Å². The molecule has 2 aromatic heterocycles. The van der Waals surface area contributed by atoms with Gasteiger partial charge in [0, 0.05) is 7.05 Å². The predicted molar refractivity (Wildman–Crippen MR) is 129 cm³/mol. The lowest BCUT2D eigenvalue weighted by Crippen LogP contribution is -2.17. The highest BCUT2D eigenvalue weighted by atomic mass is 32.2. The normalized spacial score (nSPS) is 12.2. The number of nitrogens with one attached hydrogen (secondary N) is 2. The standard InChI is InChI=1S/C20H19N3O5S4/c1-3-13-6-8-16(21-32(27,28)19-5-4-10-29-19)17(11-13)22-31(25,26)14-7-9-18-15(12-14)20(24)30-23(18)2/h4-12,21-22H,3H2,1-2H3. The molecule has 0 atom stereocenters. The summed E-state index contributed by atoms with van der Waals surface area (Å²) >= 11 is 2.05. The average molecular weight is 510 g/mol. The number of rotatable bonds is 7. The molecule has 0 bridgehead atoms. The van der Waals surface area contributed by atoms with E-state index in [1.807, 2.05) is 6.92 Å². The minimum absolute atomic E-state index is 0.0885. The van der Waals surface area contributed by atoms with Gasteiger partial charge in [-0.1, -0.05) is 19.1 Å². The molecule has 4 aromatic rings. The van der Waals surface area contributed by atoms with Gasteiger partial charge < -0.3 is 0 Å². The lowest BCUT2D eigenvalue weighted by Gasteiger charge is -2.15. The quantitative estimate of drug-likeness (QED) is 0.393. The van der Waals surface area contributed by atoms with Gasteiger partial charge in [0.15, 0.2) is 0 Å². The Morgan fingerprint density at radius 2 is 1.69 bits per heavy atom. The molecule has 2 N–H and O–H groups in total. The summed E-state index contributed by atoms with van der Waals surface area (Å²) in [4.78, 5) is 12.1. The van der Waals surface area contributed by atoms with Crippen molar-refractivity contribution in [3.8, 4) is 0 Å². The van der Waals surface area contributed by atoms with Crippen LogP contribution in [0.15, 0.2) is 67.8 Å². The molecular formula is C20H19N3O5S4. The van der Waals surface area contributed by atoms with Crippen LogP contribution in [0, 0.1) is 0 Å². The third-order valence-corrected chi connectivity index (χ3v) is 9.78. The Balaban J connectivity index is 1.74. The van der Waals surface area contributed by atoms with Crippen LogP contribution in [0.5, 0.6) is 0 Å². The van der Waals surface area contributed by atoms with Gasteiger partial charge >= 0.3 is 0 Å². The predicted octanol–water partition coefficient (Wildman–Crippen LogP) is 3.83. The van der Waals surface area contributed by atoms with Gasteiger partial charge in [0.05, 0.1) is 27.2 Å². The van der Waals surface area contributed by atoms with Gasteiger partial charge in [-0.3, -0.25) is 18.2 Å². The summed E-state index contributed by atoms with van der Waals surface area (Å²) < 4.78 is 58.1. The molecule has 2 heterocycles. The number of hydrogen-bond donors (Lipinski definition) is 2. The van der Waals surface area contributed by atoms with Gasteiger partial charge in [-0.15, -0.1) is 11.3 Å². The van der Waals surface area contributed by atoms with Gasteiger partial charge in [-0.2, -0.15) is 0 Å². The van der Waals surface area contributed by atoms with Crippen LogP contribution in [-0.2, 0) is 33.5 Å². The highest BCUT2D eigenvalue weighted by molar-refractivity contribution is 7.94. The number of thiophene rings is 1. The molecule has 0 spiro atoms. The van der Waals surface area contributed by atoms with Crippen molar-refractivity contribution in [1.29, 1.82) is 0 Å². The van der Waals surface area contributed by atoms with Crippen molar-refractivity contribution in [2.45, 2.75) is 22.4 Å². The van der Waals surface area contributed by atoms with Crippen molar-refractivity contribution in [1.82, 2.24) is 3.96 Å². The molecule has 0 unspecified atom stereocenters. The fourth-order valence-electron chi connectivity index (χ4n) is 3.14. The number of nitrogens with zero attached hydrogens (tertiary/aromatic N) is 1. The van der Waals surface area contributed by atoms with Crippen molar-refractivity contribution in [2.75, 3.05) is 9.44 Å². The van der Waals surface area contributed by atoms with Crippen molar-refractivity contribution < 1.29 is 16.8 Å². The Morgan fingerprint density at radius 3 is 2.38 bits per heavy atom. The highest BCUT2D eigenvalue weighted by Gasteiger charge is 2.22. The van der Waals surface area contributed by atoms with E-state index in [0.717, 1.165) is 28.4 Å². The molecule has 12 heteroatoms. The number of hydrogen-bond acceptors (Lipinski definition) is 7. The highest BCUT2D eigenvalue weighted by Crippen LogP contribution is 2.30. The Bertz CT molecular complexity index is 1570. The Kier molecular flexibility index (Phi) is 5.88. The zero-order chi connectivity index (χ0) is 23.1. The zero-order valence-electron chi connectivity index (χ0n) is 17.0. The number of anilines is 2. The summed E-state index contributed by atoms with van der Waals surface area (Å²) in [5, 5.41) is 1.95. The molecule has 0 radical (unpaired) electrons. The van der Waals surface area contributed by atoms with Crippen molar-refractivity contribution >= 4 is 65.2 Å². The maximum absolute atomic E-state index is 13.1. The number of aromatic nitrogens is 1. The fraction of sp³-hybridized carbons (Fsp3) is 0.150. The molecular weight excluding hydrogens is 491 g/mol. The molecule has 168 valence electrons. The molecule has 0 aliphatic heterocycles. The second kappa shape index (κ2) is 8.35. The van der Waals surface area contributed by atoms with Crippen LogP contribution < -0.4 is 14.2 Å². The van der Waals surface area contributed by atoms with E-state index in [1.54, 1.807) is 40.6 Å². The van der Waals surface area contributed by atoms with Crippen LogP contribution in [0.4, 0.5) is 11.4 Å². The van der Waals surface area contributed by atoms with Crippen LogP contribution in [0.1, 0.15) is 12.5 Å². The summed E-state index contributed by atoms with van der Waals surface area (Å²) in [6, 6.07) is 12.2. The number of sulfonamides is 2. The summed E-state index contributed by atoms with van der Waals surface area (Å²) in [7, 11) is -6.24. The van der Waals surface area contributed by atoms with E-state index in [0.29, 0.717) is 17.3 Å². The van der Waals surface area contributed by atoms with Gasteiger partial charge in [0.1, 0.15) is 4.21 Å². The van der Waals surface area contributed by atoms with E-state index in [9.17, 15) is 21.6 Å². The zero-order valence-corrected chi connectivity index (χ0v) is 20.3. The van der Waals surface area contributed by atoms with E-state index in [1.165, 1.54) is 24.3 Å². The van der Waals surface area contributed by atoms with Crippen molar-refractivity contribution in [2.24, 2.45) is 7.05 Å². The summed E-state index contributed by atoms with van der Waals surface area (Å²) in [6.45, 7) is 1.91. The number of benzene rings is 2. The van der Waals surface area contributed by atoms with E-state index >= 15 is 0 Å². The molecule has 2 aromatic carbocycles. The smallest absolute Gasteiger partial charge is 0.271 e. The molecule has 0 aliphatic rings. The monoisotopic (exact) mass is 509 g/mol. The molecule has 0 aliphatic carbocycles. The molecule has 8 nitrogen and oxygen atoms in total. The van der Waals surface area contributed by atoms with E-state index in [4.69, 9.17) is 0 Å². The number of aryl methyl sites for hydroxylation is 2. The second-order valence-corrected chi connectivity index (χ2v) is 12.6. The topological polar surface area (TPSA) is 114 Å². The average Bonchev–Trinajstić information content (AvgIpc) is 3.38. The number of fused-ring (bicyclic) bond motifs is 1. The Hall–Kier alpha value is -2.67. The summed E-state index contributed by atoms with van der Waals surface area (Å²) in [5.74, 6) is 0. The van der Waals surface area contributed by atoms with E-state index in [-0.39, 0.29) is 25.2 Å². The van der Waals surface area contributed by atoms with Gasteiger partial charge in [-0.05, 0) is 65.3 Å². The molecule has 0 saturated carbocycles. The van der Waals surface area contributed by atoms with E-state index in [2.05, 4.69) is 9.44 Å². The fourth-order valence-corrected chi connectivity index (χ4v) is 7.08. The minimum Gasteiger partial charge on any atom is -0.297 e. The first-order valence-corrected chi connectivity index (χ1v) is 14.0. The molecule has 0 fully saturated rings. The minimum atomic E-state index is -4.09. The summed E-state index contributed by atoms with van der Waals surface area (Å²) in [6.07, 6.45) is 0.629. The van der Waals surface area contributed by atoms with Gasteiger partial charge in [0.25, 0.3) is 24.8 Å².